The Bertz CT molecular complexity index is 2740. The first-order valence-electron chi connectivity index (χ1n) is 18.7. The van der Waals surface area contributed by atoms with Crippen LogP contribution in [0.15, 0.2) is 33.4 Å². The molecule has 3 aliphatic heterocycles. The summed E-state index contributed by atoms with van der Waals surface area (Å²) < 4.78 is 53.5. The number of fused-ring (bicyclic) bond motifs is 3. The van der Waals surface area contributed by atoms with Gasteiger partial charge in [0.05, 0.1) is 38.8 Å². The van der Waals surface area contributed by atoms with Crippen LogP contribution >= 0.6 is 7.82 Å². The summed E-state index contributed by atoms with van der Waals surface area (Å²) in [5.41, 5.74) is 11.3. The number of aromatic nitrogens is 12. The molecule has 9 heterocycles. The number of nitrogen functional groups attached to an aromatic ring is 3. The molecule has 6 aromatic heterocycles. The van der Waals surface area contributed by atoms with Gasteiger partial charge in [-0.15, -0.1) is 14.2 Å². The first-order valence-corrected chi connectivity index (χ1v) is 20.2. The van der Waals surface area contributed by atoms with E-state index in [1.807, 2.05) is 0 Å². The van der Waals surface area contributed by atoms with Gasteiger partial charge in [0.1, 0.15) is 54.9 Å². The Labute approximate surface area is 356 Å². The second-order valence-corrected chi connectivity index (χ2v) is 15.9. The molecule has 0 aliphatic carbocycles. The molecule has 0 saturated carbocycles. The fourth-order valence-electron chi connectivity index (χ4n) is 7.53. The van der Waals surface area contributed by atoms with Crippen molar-refractivity contribution in [1.82, 2.24) is 57.8 Å². The SMILES string of the molecule is Nc1nc(=O)c2ncn(C3OC(CO)C(O)C3O)c2n1OP(=O)(On1c(N)nc(=O)c2ncn(C3OC(CO)C(O)C3O)c21)On1c(N)nc(=O)c2ncn(C3OC(CO)C(O)C3O)c21. The summed E-state index contributed by atoms with van der Waals surface area (Å²) in [7, 11) is -6.02. The van der Waals surface area contributed by atoms with Crippen LogP contribution in [0.5, 0.6) is 0 Å². The first-order chi connectivity index (χ1) is 30.9. The fourth-order valence-corrected chi connectivity index (χ4v) is 8.70. The number of aliphatic hydroxyl groups is 9. The van der Waals surface area contributed by atoms with Gasteiger partial charge in [-0.25, -0.2) is 15.0 Å². The van der Waals surface area contributed by atoms with E-state index in [1.54, 1.807) is 0 Å². The Morgan fingerprint density at radius 2 is 0.769 bits per heavy atom. The predicted octanol–water partition coefficient (Wildman–Crippen LogP) is -9.22. The lowest BCUT2D eigenvalue weighted by molar-refractivity contribution is -0.0524. The molecule has 34 nitrogen and oxygen atoms in total. The van der Waals surface area contributed by atoms with Crippen LogP contribution in [0.3, 0.4) is 0 Å². The van der Waals surface area contributed by atoms with Crippen LogP contribution in [-0.2, 0) is 18.8 Å². The molecule has 350 valence electrons. The van der Waals surface area contributed by atoms with Crippen molar-refractivity contribution in [1.29, 1.82) is 0 Å². The number of nitrogens with two attached hydrogens (primary N) is 3. The van der Waals surface area contributed by atoms with Crippen molar-refractivity contribution in [2.45, 2.75) is 73.6 Å². The van der Waals surface area contributed by atoms with Crippen molar-refractivity contribution in [3.05, 3.63) is 50.0 Å². The molecule has 15 N–H and O–H groups in total. The summed E-state index contributed by atoms with van der Waals surface area (Å²) >= 11 is 0. The molecule has 3 aliphatic rings. The molecule has 0 bridgehead atoms. The van der Waals surface area contributed by atoms with Crippen molar-refractivity contribution in [2.24, 2.45) is 0 Å². The number of rotatable bonds is 12. The number of imidazole rings is 3. The van der Waals surface area contributed by atoms with E-state index < -0.39 is 169 Å². The minimum atomic E-state index is -6.02. The first kappa shape index (κ1) is 43.8. The van der Waals surface area contributed by atoms with E-state index in [4.69, 9.17) is 45.3 Å². The van der Waals surface area contributed by atoms with E-state index in [-0.39, 0.29) is 0 Å². The maximum Gasteiger partial charge on any atom is 0.706 e. The predicted molar refractivity (Wildman–Crippen MR) is 205 cm³/mol. The molecular formula is C30H36N15O19P. The highest BCUT2D eigenvalue weighted by Gasteiger charge is 2.49. The molecule has 3 saturated heterocycles. The number of aliphatic hydroxyl groups excluding tert-OH is 9. The van der Waals surface area contributed by atoms with E-state index in [1.165, 1.54) is 0 Å². The number of anilines is 3. The Kier molecular flexibility index (Phi) is 10.7. The monoisotopic (exact) mass is 941 g/mol. The maximum atomic E-state index is 15.7. The van der Waals surface area contributed by atoms with Crippen molar-refractivity contribution in [2.75, 3.05) is 37.0 Å². The molecule has 9 rings (SSSR count). The summed E-state index contributed by atoms with van der Waals surface area (Å²) in [6, 6.07) is 0. The fraction of sp³-hybridized carbons (Fsp3) is 0.500. The summed E-state index contributed by atoms with van der Waals surface area (Å²) in [5.74, 6) is -2.91. The zero-order valence-electron chi connectivity index (χ0n) is 32.4. The summed E-state index contributed by atoms with van der Waals surface area (Å²) in [6.07, 6.45) is -17.2. The number of phosphoric acid groups is 1. The Morgan fingerprint density at radius 1 is 0.508 bits per heavy atom. The molecule has 0 radical (unpaired) electrons. The summed E-state index contributed by atoms with van der Waals surface area (Å²) in [5, 5.41) is 93.7. The number of ether oxygens (including phenoxy) is 3. The second kappa shape index (κ2) is 15.9. The molecule has 35 heteroatoms. The summed E-state index contributed by atoms with van der Waals surface area (Å²) in [6.45, 7) is -2.39. The number of nitrogens with zero attached hydrogens (tertiary/aromatic N) is 12. The Hall–Kier alpha value is -6.40. The van der Waals surface area contributed by atoms with Crippen molar-refractivity contribution in [3.8, 4) is 0 Å². The smallest absolute Gasteiger partial charge is 0.394 e. The van der Waals surface area contributed by atoms with Gasteiger partial charge in [0, 0.05) is 0 Å². The second-order valence-electron chi connectivity index (χ2n) is 14.6. The van der Waals surface area contributed by atoms with E-state index in [9.17, 15) is 60.3 Å². The number of hydrogen-bond donors (Lipinski definition) is 12. The molecule has 6 aromatic rings. The molecule has 3 fully saturated rings. The third-order valence-corrected chi connectivity index (χ3v) is 11.8. The van der Waals surface area contributed by atoms with E-state index in [0.717, 1.165) is 32.7 Å². The quantitative estimate of drug-likeness (QED) is 0.0507. The van der Waals surface area contributed by atoms with Crippen molar-refractivity contribution < 1.29 is 78.6 Å². The standard InChI is InChI=1S/C30H36N15O19P/c31-28-37-19(55)10-22(40(4-34-10)25-16(52)13(49)7(1-46)59-25)43(28)62-65(58,63-44-23-11(20(56)38-29(44)32)35-5-41(23)26-17(53)14(50)8(2-47)60-26)64-45-24-12(21(57)39-30(45)33)36-6-42(24)27-18(54)15(51)9(3-48)61-27/h4-9,13-18,25-27,46-54H,1-3H2,(H2,31,37,55)(H2,32,38,56)(H2,33,39,57). The van der Waals surface area contributed by atoms with Gasteiger partial charge in [-0.2, -0.15) is 19.5 Å². The van der Waals surface area contributed by atoms with E-state index in [2.05, 4.69) is 29.9 Å². The van der Waals surface area contributed by atoms with Crippen LogP contribution in [0.25, 0.3) is 33.5 Å². The topological polar surface area (TPSA) is 491 Å². The van der Waals surface area contributed by atoms with Crippen molar-refractivity contribution in [3.63, 3.8) is 0 Å². The van der Waals surface area contributed by atoms with E-state index >= 15 is 4.57 Å². The average molecular weight is 942 g/mol. The maximum absolute atomic E-state index is 15.7. The largest absolute Gasteiger partial charge is 0.706 e. The van der Waals surface area contributed by atoms with Gasteiger partial charge in [-0.3, -0.25) is 42.0 Å². The van der Waals surface area contributed by atoms with Crippen LogP contribution in [0.2, 0.25) is 0 Å². The lowest BCUT2D eigenvalue weighted by atomic mass is 10.1. The Morgan fingerprint density at radius 3 is 1.00 bits per heavy atom. The zero-order chi connectivity index (χ0) is 46.5. The van der Waals surface area contributed by atoms with Crippen LogP contribution in [0.1, 0.15) is 18.7 Å². The highest BCUT2D eigenvalue weighted by Crippen LogP contribution is 2.44. The van der Waals surface area contributed by atoms with Gasteiger partial charge in [0.15, 0.2) is 52.2 Å². The molecule has 65 heavy (non-hydrogen) atoms. The highest BCUT2D eigenvalue weighted by atomic mass is 31.2. The minimum Gasteiger partial charge on any atom is -0.394 e. The average Bonchev–Trinajstić information content (AvgIpc) is 4.13. The van der Waals surface area contributed by atoms with Gasteiger partial charge in [0.2, 0.25) is 17.8 Å². The third kappa shape index (κ3) is 6.82. The van der Waals surface area contributed by atoms with Gasteiger partial charge < -0.3 is 77.4 Å². The molecule has 0 amide bonds. The van der Waals surface area contributed by atoms with Gasteiger partial charge in [-0.1, -0.05) is 0 Å². The molecule has 12 unspecified atom stereocenters. The summed E-state index contributed by atoms with van der Waals surface area (Å²) in [4.78, 5) is 62.3. The minimum absolute atomic E-state index is 0.304. The Balaban J connectivity index is 1.26. The van der Waals surface area contributed by atoms with Crippen LogP contribution in [0, 0.1) is 0 Å². The van der Waals surface area contributed by atoms with E-state index in [0.29, 0.717) is 14.2 Å². The lowest BCUT2D eigenvalue weighted by Crippen LogP contribution is -2.35. The van der Waals surface area contributed by atoms with Gasteiger partial charge in [0.25, 0.3) is 0 Å². The molecular weight excluding hydrogens is 905 g/mol. The van der Waals surface area contributed by atoms with Crippen LogP contribution in [0.4, 0.5) is 17.8 Å². The zero-order valence-corrected chi connectivity index (χ0v) is 33.3. The molecule has 0 spiro atoms. The highest BCUT2D eigenvalue weighted by molar-refractivity contribution is 7.49. The lowest BCUT2D eigenvalue weighted by Gasteiger charge is -2.25. The normalized spacial score (nSPS) is 30.2. The van der Waals surface area contributed by atoms with Gasteiger partial charge in [-0.05, 0) is 0 Å². The van der Waals surface area contributed by atoms with Crippen molar-refractivity contribution >= 4 is 59.2 Å². The number of hydrogen-bond acceptors (Lipinski definition) is 28. The van der Waals surface area contributed by atoms with Crippen LogP contribution < -0.4 is 47.8 Å². The molecule has 12 atom stereocenters. The third-order valence-electron chi connectivity index (χ3n) is 10.7. The van der Waals surface area contributed by atoms with Gasteiger partial charge >= 0.3 is 24.5 Å². The van der Waals surface area contributed by atoms with Crippen LogP contribution in [-0.4, -0.2) is 179 Å². The molecule has 0 aromatic carbocycles.